The average molecular weight is 408 g/mol. The van der Waals surface area contributed by atoms with Crippen LogP contribution in [0.4, 0.5) is 5.13 Å². The average Bonchev–Trinajstić information content (AvgIpc) is 3.49. The zero-order valence-corrected chi connectivity index (χ0v) is 16.6. The first-order valence-electron chi connectivity index (χ1n) is 9.68. The minimum atomic E-state index is 0.00181. The molecule has 3 aromatic rings. The molecule has 8 nitrogen and oxygen atoms in total. The second kappa shape index (κ2) is 7.76. The van der Waals surface area contributed by atoms with Gasteiger partial charge in [0.15, 0.2) is 5.13 Å². The van der Waals surface area contributed by atoms with Gasteiger partial charge in [0, 0.05) is 36.5 Å². The van der Waals surface area contributed by atoms with Crippen molar-refractivity contribution < 1.29 is 4.79 Å². The molecule has 29 heavy (non-hydrogen) atoms. The number of carbonyl (C=O) groups excluding carboxylic acids is 1. The summed E-state index contributed by atoms with van der Waals surface area (Å²) >= 11 is 1.57. The van der Waals surface area contributed by atoms with Crippen LogP contribution in [-0.2, 0) is 4.79 Å². The number of aromatic nitrogens is 3. The normalized spacial score (nSPS) is 19.1. The highest BCUT2D eigenvalue weighted by atomic mass is 32.1. The number of carbonyl (C=O) groups is 1. The standard InChI is InChI=1S/C20H21N7OS/c28-19(25-15-4-5-21-11-15)13-3-6-22-18(8-13)27-20-26-16-2-1-12(7-17(16)29-20)14-9-23-24-10-14/h1-2,7-10,15,21H,3-6,11H2,(H,23,24)(H,25,28)(H,22,26,27)/t15-/m0/s1. The number of H-pyrrole nitrogens is 1. The minimum absolute atomic E-state index is 0.00181. The lowest BCUT2D eigenvalue weighted by atomic mass is 10.1. The summed E-state index contributed by atoms with van der Waals surface area (Å²) in [6, 6.07) is 6.37. The number of amidine groups is 1. The molecule has 2 aromatic heterocycles. The molecule has 0 unspecified atom stereocenters. The number of aliphatic imine (C=N–C) groups is 1. The summed E-state index contributed by atoms with van der Waals surface area (Å²) in [6.07, 6.45) is 7.15. The molecular weight excluding hydrogens is 386 g/mol. The van der Waals surface area contributed by atoms with Crippen LogP contribution in [0.1, 0.15) is 12.8 Å². The number of rotatable bonds is 4. The van der Waals surface area contributed by atoms with Crippen molar-refractivity contribution in [2.24, 2.45) is 4.99 Å². The molecule has 0 bridgehead atoms. The van der Waals surface area contributed by atoms with Crippen LogP contribution in [0.15, 0.2) is 47.2 Å². The fourth-order valence-electron chi connectivity index (χ4n) is 3.57. The fourth-order valence-corrected chi connectivity index (χ4v) is 4.48. The maximum Gasteiger partial charge on any atom is 0.247 e. The molecule has 0 spiro atoms. The number of dihydropyridines is 1. The van der Waals surface area contributed by atoms with E-state index in [1.807, 2.05) is 24.4 Å². The highest BCUT2D eigenvalue weighted by molar-refractivity contribution is 7.22. The molecule has 148 valence electrons. The molecule has 1 saturated heterocycles. The van der Waals surface area contributed by atoms with Crippen LogP contribution >= 0.6 is 11.3 Å². The van der Waals surface area contributed by atoms with Crippen LogP contribution in [0.25, 0.3) is 21.3 Å². The predicted molar refractivity (Wildman–Crippen MR) is 115 cm³/mol. The minimum Gasteiger partial charge on any atom is -0.348 e. The molecule has 2 aliphatic heterocycles. The topological polar surface area (TPSA) is 107 Å². The van der Waals surface area contributed by atoms with E-state index in [9.17, 15) is 4.79 Å². The molecule has 0 radical (unpaired) electrons. The summed E-state index contributed by atoms with van der Waals surface area (Å²) in [5, 5.41) is 17.2. The summed E-state index contributed by atoms with van der Waals surface area (Å²) in [6.45, 7) is 2.39. The summed E-state index contributed by atoms with van der Waals surface area (Å²) in [4.78, 5) is 21.7. The molecule has 2 aliphatic rings. The van der Waals surface area contributed by atoms with Crippen molar-refractivity contribution in [3.8, 4) is 11.1 Å². The number of hydrogen-bond donors (Lipinski definition) is 4. The van der Waals surface area contributed by atoms with Crippen LogP contribution in [0.5, 0.6) is 0 Å². The van der Waals surface area contributed by atoms with E-state index in [1.165, 1.54) is 0 Å². The van der Waals surface area contributed by atoms with E-state index in [0.29, 0.717) is 18.8 Å². The van der Waals surface area contributed by atoms with E-state index in [2.05, 4.69) is 42.2 Å². The van der Waals surface area contributed by atoms with Gasteiger partial charge in [0.1, 0.15) is 5.84 Å². The number of nitrogens with zero attached hydrogens (tertiary/aromatic N) is 3. The molecular formula is C20H21N7OS. The molecule has 1 aromatic carbocycles. The van der Waals surface area contributed by atoms with Crippen LogP contribution < -0.4 is 16.0 Å². The van der Waals surface area contributed by atoms with Crippen molar-refractivity contribution in [1.29, 1.82) is 0 Å². The quantitative estimate of drug-likeness (QED) is 0.531. The number of aromatic amines is 1. The Morgan fingerprint density at radius 3 is 3.07 bits per heavy atom. The van der Waals surface area contributed by atoms with E-state index in [4.69, 9.17) is 0 Å². The van der Waals surface area contributed by atoms with Gasteiger partial charge in [0.05, 0.1) is 16.4 Å². The lowest BCUT2D eigenvalue weighted by Gasteiger charge is -2.16. The largest absolute Gasteiger partial charge is 0.348 e. The van der Waals surface area contributed by atoms with E-state index >= 15 is 0 Å². The lowest BCUT2D eigenvalue weighted by molar-refractivity contribution is -0.118. The van der Waals surface area contributed by atoms with E-state index in [-0.39, 0.29) is 11.9 Å². The number of thiazole rings is 1. The number of fused-ring (bicyclic) bond motifs is 1. The Labute approximate surface area is 171 Å². The third-order valence-electron chi connectivity index (χ3n) is 5.12. The van der Waals surface area contributed by atoms with Crippen LogP contribution in [-0.4, -0.2) is 52.6 Å². The van der Waals surface area contributed by atoms with Gasteiger partial charge in [0.2, 0.25) is 5.91 Å². The Morgan fingerprint density at radius 2 is 2.24 bits per heavy atom. The Balaban J connectivity index is 1.31. The molecule has 9 heteroatoms. The zero-order chi connectivity index (χ0) is 19.6. The Kier molecular flexibility index (Phi) is 4.82. The third-order valence-corrected chi connectivity index (χ3v) is 6.05. The van der Waals surface area contributed by atoms with Crippen LogP contribution in [0, 0.1) is 0 Å². The molecule has 0 saturated carbocycles. The maximum absolute atomic E-state index is 12.5. The van der Waals surface area contributed by atoms with E-state index < -0.39 is 0 Å². The number of hydrogen-bond acceptors (Lipinski definition) is 7. The first-order chi connectivity index (χ1) is 14.2. The zero-order valence-electron chi connectivity index (χ0n) is 15.7. The second-order valence-corrected chi connectivity index (χ2v) is 8.19. The van der Waals surface area contributed by atoms with Gasteiger partial charge in [-0.15, -0.1) is 0 Å². The van der Waals surface area contributed by atoms with Crippen molar-refractivity contribution in [3.05, 3.63) is 42.2 Å². The third kappa shape index (κ3) is 3.92. The van der Waals surface area contributed by atoms with Crippen LogP contribution in [0.3, 0.4) is 0 Å². The summed E-state index contributed by atoms with van der Waals surface area (Å²) in [7, 11) is 0. The van der Waals surface area contributed by atoms with Gasteiger partial charge in [0.25, 0.3) is 0 Å². The van der Waals surface area contributed by atoms with E-state index in [0.717, 1.165) is 51.6 Å². The van der Waals surface area contributed by atoms with Gasteiger partial charge >= 0.3 is 0 Å². The van der Waals surface area contributed by atoms with Gasteiger partial charge < -0.3 is 16.0 Å². The SMILES string of the molecule is O=C(N[C@H]1CCNC1)C1=CC(Nc2nc3ccc(-c4cn[nH]c4)cc3s2)=NCC1. The Morgan fingerprint density at radius 1 is 1.28 bits per heavy atom. The van der Waals surface area contributed by atoms with Gasteiger partial charge in [-0.2, -0.15) is 5.10 Å². The smallest absolute Gasteiger partial charge is 0.247 e. The van der Waals surface area contributed by atoms with Gasteiger partial charge in [-0.3, -0.25) is 14.9 Å². The first-order valence-corrected chi connectivity index (χ1v) is 10.5. The van der Waals surface area contributed by atoms with Crippen molar-refractivity contribution in [2.75, 3.05) is 25.0 Å². The van der Waals surface area contributed by atoms with Gasteiger partial charge in [-0.1, -0.05) is 17.4 Å². The monoisotopic (exact) mass is 407 g/mol. The number of nitrogens with one attached hydrogen (secondary N) is 4. The number of benzene rings is 1. The molecule has 0 aliphatic carbocycles. The number of anilines is 1. The summed E-state index contributed by atoms with van der Waals surface area (Å²) in [5.74, 6) is 0.682. The molecule has 4 N–H and O–H groups in total. The second-order valence-electron chi connectivity index (χ2n) is 7.16. The van der Waals surface area contributed by atoms with Crippen LogP contribution in [0.2, 0.25) is 0 Å². The summed E-state index contributed by atoms with van der Waals surface area (Å²) < 4.78 is 1.08. The molecule has 5 rings (SSSR count). The molecule has 1 atom stereocenters. The molecule has 1 amide bonds. The highest BCUT2D eigenvalue weighted by Crippen LogP contribution is 2.30. The fraction of sp³-hybridized carbons (Fsp3) is 0.300. The van der Waals surface area contributed by atoms with Crippen molar-refractivity contribution in [2.45, 2.75) is 18.9 Å². The molecule has 4 heterocycles. The van der Waals surface area contributed by atoms with Gasteiger partial charge in [-0.25, -0.2) is 4.98 Å². The van der Waals surface area contributed by atoms with Crippen molar-refractivity contribution in [1.82, 2.24) is 25.8 Å². The lowest BCUT2D eigenvalue weighted by Crippen LogP contribution is -2.38. The van der Waals surface area contributed by atoms with Crippen molar-refractivity contribution in [3.63, 3.8) is 0 Å². The number of amides is 1. The first kappa shape index (κ1) is 18.0. The van der Waals surface area contributed by atoms with E-state index in [1.54, 1.807) is 17.5 Å². The van der Waals surface area contributed by atoms with Crippen molar-refractivity contribution >= 4 is 38.4 Å². The predicted octanol–water partition coefficient (Wildman–Crippen LogP) is 2.31. The highest BCUT2D eigenvalue weighted by Gasteiger charge is 2.20. The summed E-state index contributed by atoms with van der Waals surface area (Å²) in [5.41, 5.74) is 3.83. The maximum atomic E-state index is 12.5. The Hall–Kier alpha value is -3.04. The Bertz CT molecular complexity index is 1090. The van der Waals surface area contributed by atoms with Gasteiger partial charge in [-0.05, 0) is 43.2 Å². The molecule has 1 fully saturated rings.